The fraction of sp³-hybridized carbons (Fsp3) is 0.196. The molecule has 7 aromatic rings. The second kappa shape index (κ2) is 16.0. The number of ether oxygens (including phenoxy) is 1. The van der Waals surface area contributed by atoms with E-state index in [2.05, 4.69) is 87.6 Å². The van der Waals surface area contributed by atoms with E-state index in [-0.39, 0.29) is 29.7 Å². The lowest BCUT2D eigenvalue weighted by Crippen LogP contribution is -2.30. The van der Waals surface area contributed by atoms with Gasteiger partial charge in [-0.25, -0.2) is 8.42 Å². The number of H-pyrrole nitrogens is 1. The number of benzene rings is 4. The second-order valence-electron chi connectivity index (χ2n) is 15.3. The van der Waals surface area contributed by atoms with Crippen LogP contribution >= 0.6 is 22.7 Å². The first kappa shape index (κ1) is 40.7. The van der Waals surface area contributed by atoms with Crippen molar-refractivity contribution >= 4 is 71.8 Å². The molecule has 0 spiro atoms. The van der Waals surface area contributed by atoms with E-state index >= 15 is 0 Å². The predicted molar refractivity (Wildman–Crippen MR) is 243 cm³/mol. The van der Waals surface area contributed by atoms with E-state index in [0.29, 0.717) is 34.4 Å². The van der Waals surface area contributed by atoms with Crippen LogP contribution in [0.2, 0.25) is 0 Å². The summed E-state index contributed by atoms with van der Waals surface area (Å²) >= 11 is 2.50. The number of hydrogen-bond acceptors (Lipinski definition) is 10. The molecule has 3 aromatic heterocycles. The molecule has 4 aromatic carbocycles. The van der Waals surface area contributed by atoms with Crippen molar-refractivity contribution in [2.24, 2.45) is 4.99 Å². The molecule has 312 valence electrons. The maximum Gasteiger partial charge on any atom is 0.308 e. The molecule has 0 aliphatic carbocycles. The van der Waals surface area contributed by atoms with Gasteiger partial charge < -0.3 is 15.0 Å². The van der Waals surface area contributed by atoms with E-state index < -0.39 is 16.1 Å². The zero-order valence-electron chi connectivity index (χ0n) is 34.3. The molecule has 0 saturated carbocycles. The van der Waals surface area contributed by atoms with Gasteiger partial charge in [-0.2, -0.15) is 16.6 Å². The van der Waals surface area contributed by atoms with Crippen LogP contribution in [0.25, 0.3) is 27.0 Å². The molecule has 5 heterocycles. The molecular weight excluding hydrogens is 841 g/mol. The molecule has 13 nitrogen and oxygen atoms in total. The molecule has 1 atom stereocenters. The summed E-state index contributed by atoms with van der Waals surface area (Å²) in [6.07, 6.45) is 2.14. The SMILES string of the molecule is COC(=O)C[C@@H]1N=C(c2ccc(-c3ccc4c(c3)[SH]=C(C(=O)NCc3ccc(S(=O)(=O)Nc5ccc(C)c6c(C#N)c[nH]c56)cc3)C4)cc2)c2c(sc(C)c2C)-n2c(C)nnc21. The Morgan fingerprint density at radius 1 is 0.984 bits per heavy atom. The molecule has 16 heteroatoms. The number of methoxy groups -OCH3 is 1. The summed E-state index contributed by atoms with van der Waals surface area (Å²) in [6.45, 7) is 8.20. The standard InChI is InChI=1S/C46H40N8O5S3/c1-24-6-17-35(43-40(24)33(21-47)23-48-43)53-62(57,58)34-15-7-28(8-16-34)22-49-45(56)38-19-32-14-13-31(18-37(32)61-38)29-9-11-30(12-10-29)42-41-25(2)26(3)60-46(41)54-27(4)51-52-44(54)36(50-42)20-39(55)59-5/h6-18,23,36,48,53,61H,19-20,22H2,1-5H3,(H,49,56)/t36-/m0/s1. The normalized spacial score (nSPS) is 14.4. The Kier molecular flexibility index (Phi) is 10.5. The molecule has 2 aliphatic rings. The van der Waals surface area contributed by atoms with Gasteiger partial charge in [0.25, 0.3) is 15.9 Å². The highest BCUT2D eigenvalue weighted by atomic mass is 32.2. The van der Waals surface area contributed by atoms with Crippen molar-refractivity contribution in [1.29, 1.82) is 5.26 Å². The predicted octanol–water partition coefficient (Wildman–Crippen LogP) is 7.71. The summed E-state index contributed by atoms with van der Waals surface area (Å²) in [5.74, 6) is 0.801. The maximum atomic E-state index is 13.4. The minimum Gasteiger partial charge on any atom is -0.469 e. The summed E-state index contributed by atoms with van der Waals surface area (Å²) in [7, 11) is -2.56. The summed E-state index contributed by atoms with van der Waals surface area (Å²) < 4.78 is 36.3. The van der Waals surface area contributed by atoms with Crippen molar-refractivity contribution < 1.29 is 22.7 Å². The second-order valence-corrected chi connectivity index (χ2v) is 19.4. The van der Waals surface area contributed by atoms with Gasteiger partial charge in [0.05, 0.1) is 40.9 Å². The van der Waals surface area contributed by atoms with E-state index in [1.807, 2.05) is 18.4 Å². The van der Waals surface area contributed by atoms with Crippen molar-refractivity contribution in [3.05, 3.63) is 141 Å². The summed E-state index contributed by atoms with van der Waals surface area (Å²) in [4.78, 5) is 37.2. The third kappa shape index (κ3) is 7.31. The van der Waals surface area contributed by atoms with Crippen molar-refractivity contribution in [2.75, 3.05) is 11.8 Å². The number of aliphatic imine (C=N–C) groups is 1. The smallest absolute Gasteiger partial charge is 0.308 e. The van der Waals surface area contributed by atoms with Crippen molar-refractivity contribution in [3.63, 3.8) is 0 Å². The number of aryl methyl sites for hydroxylation is 3. The third-order valence-corrected chi connectivity index (χ3v) is 15.2. The minimum absolute atomic E-state index is 0.0345. The van der Waals surface area contributed by atoms with Gasteiger partial charge in [-0.15, -0.1) is 21.5 Å². The number of nitrogens with zero attached hydrogens (tertiary/aromatic N) is 5. The Labute approximate surface area is 365 Å². The fourth-order valence-electron chi connectivity index (χ4n) is 7.95. The number of nitrogens with one attached hydrogen (secondary N) is 3. The van der Waals surface area contributed by atoms with Gasteiger partial charge in [0.15, 0.2) is 5.82 Å². The number of thiol groups is 1. The number of hydrogen-bond donors (Lipinski definition) is 4. The van der Waals surface area contributed by atoms with E-state index in [4.69, 9.17) is 9.73 Å². The number of thiophene rings is 1. The largest absolute Gasteiger partial charge is 0.469 e. The lowest BCUT2D eigenvalue weighted by atomic mass is 9.96. The van der Waals surface area contributed by atoms with Crippen molar-refractivity contribution in [1.82, 2.24) is 25.1 Å². The van der Waals surface area contributed by atoms with Gasteiger partial charge in [-0.05, 0) is 85.3 Å². The monoisotopic (exact) mass is 880 g/mol. The number of nitriles is 1. The Hall–Kier alpha value is -6.67. The summed E-state index contributed by atoms with van der Waals surface area (Å²) in [6, 6.07) is 25.9. The Morgan fingerprint density at radius 2 is 1.73 bits per heavy atom. The molecule has 2 aliphatic heterocycles. The number of amides is 1. The average molecular weight is 881 g/mol. The van der Waals surface area contributed by atoms with Crippen molar-refractivity contribution in [3.8, 4) is 22.2 Å². The lowest BCUT2D eigenvalue weighted by molar-refractivity contribution is -0.141. The Bertz CT molecular complexity index is 3210. The van der Waals surface area contributed by atoms with Crippen LogP contribution in [0, 0.1) is 39.0 Å². The molecule has 0 radical (unpaired) electrons. The highest BCUT2D eigenvalue weighted by Gasteiger charge is 2.33. The van der Waals surface area contributed by atoms with Crippen LogP contribution in [-0.2, 0) is 37.3 Å². The Balaban J connectivity index is 0.887. The molecule has 0 fully saturated rings. The van der Waals surface area contributed by atoms with Crippen LogP contribution in [0.1, 0.15) is 67.9 Å². The summed E-state index contributed by atoms with van der Waals surface area (Å²) in [5, 5.41) is 22.9. The molecule has 3 N–H and O–H groups in total. The third-order valence-electron chi connectivity index (χ3n) is 11.4. The van der Waals surface area contributed by atoms with E-state index in [1.54, 1.807) is 41.8 Å². The number of anilines is 1. The quantitative estimate of drug-likeness (QED) is 0.0612. The topological polar surface area (TPSA) is 184 Å². The van der Waals surface area contributed by atoms with Gasteiger partial charge in [0.1, 0.15) is 22.9 Å². The van der Waals surface area contributed by atoms with Crippen LogP contribution in [-0.4, -0.2) is 57.7 Å². The van der Waals surface area contributed by atoms with Crippen LogP contribution < -0.4 is 10.0 Å². The highest BCUT2D eigenvalue weighted by molar-refractivity contribution is 8.00. The number of rotatable bonds is 10. The van der Waals surface area contributed by atoms with Gasteiger partial charge in [0, 0.05) is 50.3 Å². The van der Waals surface area contributed by atoms with Crippen LogP contribution in [0.15, 0.2) is 99.8 Å². The van der Waals surface area contributed by atoms with Crippen LogP contribution in [0.4, 0.5) is 5.69 Å². The zero-order valence-corrected chi connectivity index (χ0v) is 36.9. The molecule has 1 amide bonds. The van der Waals surface area contributed by atoms with E-state index in [1.165, 1.54) is 24.1 Å². The number of esters is 1. The number of aromatic amines is 1. The minimum atomic E-state index is -3.94. The van der Waals surface area contributed by atoms with Crippen molar-refractivity contribution in [2.45, 2.75) is 62.9 Å². The van der Waals surface area contributed by atoms with E-state index in [0.717, 1.165) is 82.2 Å². The molecule has 62 heavy (non-hydrogen) atoms. The van der Waals surface area contributed by atoms with Crippen LogP contribution in [0.3, 0.4) is 0 Å². The van der Waals surface area contributed by atoms with E-state index in [9.17, 15) is 23.3 Å². The number of sulfonamides is 1. The lowest BCUT2D eigenvalue weighted by Gasteiger charge is -2.12. The zero-order chi connectivity index (χ0) is 43.4. The molecule has 0 saturated heterocycles. The summed E-state index contributed by atoms with van der Waals surface area (Å²) in [5.41, 5.74) is 9.90. The first-order valence-corrected chi connectivity index (χ1v) is 22.9. The van der Waals surface area contributed by atoms with Gasteiger partial charge >= 0.3 is 5.97 Å². The first-order chi connectivity index (χ1) is 29.8. The van der Waals surface area contributed by atoms with Crippen LogP contribution in [0.5, 0.6) is 0 Å². The number of carbonyl (C=O) groups is 2. The van der Waals surface area contributed by atoms with Gasteiger partial charge in [0.2, 0.25) is 0 Å². The Morgan fingerprint density at radius 3 is 2.47 bits per heavy atom. The fourth-order valence-corrected chi connectivity index (χ4v) is 11.5. The number of carbonyl (C=O) groups excluding carboxylic acids is 2. The maximum absolute atomic E-state index is 13.4. The number of aromatic nitrogens is 4. The highest BCUT2D eigenvalue weighted by Crippen LogP contribution is 2.40. The first-order valence-electron chi connectivity index (χ1n) is 19.7. The molecule has 0 bridgehead atoms. The molecule has 0 unspecified atom stereocenters. The van der Waals surface area contributed by atoms with Gasteiger partial charge in [-0.1, -0.05) is 54.6 Å². The number of fused-ring (bicyclic) bond motifs is 5. The molecule has 9 rings (SSSR count). The average Bonchev–Trinajstić information content (AvgIpc) is 4.05. The molecular formula is C46H40N8O5S3. The van der Waals surface area contributed by atoms with Gasteiger partial charge in [-0.3, -0.25) is 23.9 Å².